The minimum atomic E-state index is -3.65. The number of rotatable bonds is 4. The maximum atomic E-state index is 13.0. The zero-order chi connectivity index (χ0) is 19.2. The molecule has 0 amide bonds. The second kappa shape index (κ2) is 6.56. The van der Waals surface area contributed by atoms with E-state index in [1.54, 1.807) is 19.1 Å². The molecular weight excluding hydrogens is 336 g/mol. The number of hydrogen-bond acceptors (Lipinski definition) is 4. The lowest BCUT2D eigenvalue weighted by Crippen LogP contribution is -2.62. The molecule has 1 aliphatic heterocycles. The van der Waals surface area contributed by atoms with E-state index in [4.69, 9.17) is 0 Å². The lowest BCUT2D eigenvalue weighted by molar-refractivity contribution is 0.157. The third kappa shape index (κ3) is 4.74. The molecule has 1 aromatic rings. The van der Waals surface area contributed by atoms with E-state index < -0.39 is 10.0 Å². The van der Waals surface area contributed by atoms with Crippen LogP contribution in [0.4, 0.5) is 0 Å². The van der Waals surface area contributed by atoms with E-state index in [0.29, 0.717) is 11.1 Å². The van der Waals surface area contributed by atoms with Crippen LogP contribution < -0.4 is 10.0 Å². The third-order valence-electron chi connectivity index (χ3n) is 4.75. The van der Waals surface area contributed by atoms with Gasteiger partial charge in [0.15, 0.2) is 0 Å². The van der Waals surface area contributed by atoms with E-state index in [-0.39, 0.29) is 33.7 Å². The predicted octanol–water partition coefficient (Wildman–Crippen LogP) is 3.41. The van der Waals surface area contributed by atoms with Crippen molar-refractivity contribution in [3.63, 3.8) is 0 Å². The summed E-state index contributed by atoms with van der Waals surface area (Å²) in [6.45, 7) is 14.0. The largest absolute Gasteiger partial charge is 0.508 e. The van der Waals surface area contributed by atoms with Crippen LogP contribution in [-0.4, -0.2) is 30.6 Å². The molecule has 0 radical (unpaired) electrons. The summed E-state index contributed by atoms with van der Waals surface area (Å²) >= 11 is 0. The zero-order valence-electron chi connectivity index (χ0n) is 16.4. The van der Waals surface area contributed by atoms with Gasteiger partial charge in [-0.1, -0.05) is 13.8 Å². The smallest absolute Gasteiger partial charge is 0.241 e. The maximum absolute atomic E-state index is 13.0. The molecular formula is C19H32N2O3S. The van der Waals surface area contributed by atoms with Gasteiger partial charge in [0, 0.05) is 17.1 Å². The number of aryl methyl sites for hydroxylation is 1. The summed E-state index contributed by atoms with van der Waals surface area (Å²) in [4.78, 5) is 0.253. The number of hydrogen-bond donors (Lipinski definition) is 3. The first-order valence-corrected chi connectivity index (χ1v) is 10.4. The molecule has 0 spiro atoms. The quantitative estimate of drug-likeness (QED) is 0.761. The SMILES string of the molecule is Cc1cc(O)c(C(C)C)cc1S(=O)(=O)NC1CC(C)(C)NC(C)(C)C1. The van der Waals surface area contributed by atoms with Crippen molar-refractivity contribution in [2.24, 2.45) is 0 Å². The van der Waals surface area contributed by atoms with E-state index in [9.17, 15) is 13.5 Å². The van der Waals surface area contributed by atoms with Gasteiger partial charge in [0.05, 0.1) is 4.90 Å². The summed E-state index contributed by atoms with van der Waals surface area (Å²) in [7, 11) is -3.65. The van der Waals surface area contributed by atoms with Crippen molar-refractivity contribution in [3.8, 4) is 5.75 Å². The third-order valence-corrected chi connectivity index (χ3v) is 6.41. The van der Waals surface area contributed by atoms with Gasteiger partial charge in [-0.2, -0.15) is 0 Å². The van der Waals surface area contributed by atoms with Crippen molar-refractivity contribution in [1.29, 1.82) is 0 Å². The highest BCUT2D eigenvalue weighted by Crippen LogP contribution is 2.33. The average molecular weight is 369 g/mol. The number of piperidine rings is 1. The van der Waals surface area contributed by atoms with E-state index in [2.05, 4.69) is 37.7 Å². The Balaban J connectivity index is 2.35. The van der Waals surface area contributed by atoms with Crippen molar-refractivity contribution in [2.75, 3.05) is 0 Å². The molecule has 1 aromatic carbocycles. The second-order valence-electron chi connectivity index (χ2n) is 8.95. The minimum Gasteiger partial charge on any atom is -0.508 e. The Morgan fingerprint density at radius 2 is 1.68 bits per heavy atom. The lowest BCUT2D eigenvalue weighted by Gasteiger charge is -2.46. The number of sulfonamides is 1. The molecule has 0 bridgehead atoms. The fraction of sp³-hybridized carbons (Fsp3) is 0.684. The van der Waals surface area contributed by atoms with Gasteiger partial charge in [-0.3, -0.25) is 0 Å². The van der Waals surface area contributed by atoms with Crippen molar-refractivity contribution in [2.45, 2.75) is 89.2 Å². The Hall–Kier alpha value is -1.11. The van der Waals surface area contributed by atoms with Crippen LogP contribution in [-0.2, 0) is 10.0 Å². The van der Waals surface area contributed by atoms with Gasteiger partial charge in [0.2, 0.25) is 10.0 Å². The van der Waals surface area contributed by atoms with Crippen molar-refractivity contribution < 1.29 is 13.5 Å². The highest BCUT2D eigenvalue weighted by atomic mass is 32.2. The number of benzene rings is 1. The van der Waals surface area contributed by atoms with Crippen LogP contribution in [0.1, 0.15) is 71.4 Å². The molecule has 0 aromatic heterocycles. The molecule has 1 heterocycles. The molecule has 25 heavy (non-hydrogen) atoms. The molecule has 1 aliphatic rings. The summed E-state index contributed by atoms with van der Waals surface area (Å²) in [5, 5.41) is 13.6. The molecule has 0 atom stereocenters. The predicted molar refractivity (Wildman–Crippen MR) is 102 cm³/mol. The Morgan fingerprint density at radius 1 is 1.16 bits per heavy atom. The summed E-state index contributed by atoms with van der Waals surface area (Å²) in [5.74, 6) is 0.196. The molecule has 3 N–H and O–H groups in total. The lowest BCUT2D eigenvalue weighted by atomic mass is 9.80. The minimum absolute atomic E-state index is 0.0475. The second-order valence-corrected chi connectivity index (χ2v) is 10.6. The fourth-order valence-electron chi connectivity index (χ4n) is 4.13. The van der Waals surface area contributed by atoms with Gasteiger partial charge in [0.25, 0.3) is 0 Å². The van der Waals surface area contributed by atoms with Gasteiger partial charge >= 0.3 is 0 Å². The average Bonchev–Trinajstić information content (AvgIpc) is 2.32. The molecule has 6 heteroatoms. The van der Waals surface area contributed by atoms with Crippen LogP contribution >= 0.6 is 0 Å². The van der Waals surface area contributed by atoms with Crippen LogP contribution in [0.2, 0.25) is 0 Å². The van der Waals surface area contributed by atoms with E-state index in [1.165, 1.54) is 0 Å². The molecule has 2 rings (SSSR count). The molecule has 0 saturated carbocycles. The van der Waals surface area contributed by atoms with Crippen LogP contribution in [0, 0.1) is 6.92 Å². The van der Waals surface area contributed by atoms with Crippen molar-refractivity contribution in [1.82, 2.24) is 10.0 Å². The highest BCUT2D eigenvalue weighted by Gasteiger charge is 2.39. The molecule has 142 valence electrons. The van der Waals surface area contributed by atoms with Gasteiger partial charge in [-0.25, -0.2) is 13.1 Å². The summed E-state index contributed by atoms with van der Waals surface area (Å²) in [6, 6.07) is 3.02. The van der Waals surface area contributed by atoms with Crippen LogP contribution in [0.5, 0.6) is 5.75 Å². The number of phenolic OH excluding ortho intramolecular Hbond substituents is 1. The fourth-order valence-corrected chi connectivity index (χ4v) is 5.63. The zero-order valence-corrected chi connectivity index (χ0v) is 17.2. The van der Waals surface area contributed by atoms with Crippen molar-refractivity contribution in [3.05, 3.63) is 23.3 Å². The van der Waals surface area contributed by atoms with Crippen molar-refractivity contribution >= 4 is 10.0 Å². The van der Waals surface area contributed by atoms with E-state index >= 15 is 0 Å². The van der Waals surface area contributed by atoms with Gasteiger partial charge in [-0.15, -0.1) is 0 Å². The number of phenols is 1. The Kier molecular flexibility index (Phi) is 5.30. The van der Waals surface area contributed by atoms with E-state index in [0.717, 1.165) is 12.8 Å². The molecule has 1 fully saturated rings. The topological polar surface area (TPSA) is 78.4 Å². The normalized spacial score (nSPS) is 20.8. The van der Waals surface area contributed by atoms with Gasteiger partial charge < -0.3 is 10.4 Å². The first kappa shape index (κ1) is 20.2. The number of nitrogens with one attached hydrogen (secondary N) is 2. The molecule has 1 saturated heterocycles. The molecule has 0 unspecified atom stereocenters. The molecule has 5 nitrogen and oxygen atoms in total. The summed E-state index contributed by atoms with van der Waals surface area (Å²) < 4.78 is 28.9. The first-order valence-electron chi connectivity index (χ1n) is 8.88. The van der Waals surface area contributed by atoms with Crippen LogP contribution in [0.25, 0.3) is 0 Å². The number of aromatic hydroxyl groups is 1. The monoisotopic (exact) mass is 368 g/mol. The Labute approximate surface area is 152 Å². The highest BCUT2D eigenvalue weighted by molar-refractivity contribution is 7.89. The van der Waals surface area contributed by atoms with Crippen LogP contribution in [0.15, 0.2) is 17.0 Å². The summed E-state index contributed by atoms with van der Waals surface area (Å²) in [5.41, 5.74) is 0.933. The summed E-state index contributed by atoms with van der Waals surface area (Å²) in [6.07, 6.45) is 1.45. The Bertz CT molecular complexity index is 736. The van der Waals surface area contributed by atoms with Gasteiger partial charge in [-0.05, 0) is 76.6 Å². The maximum Gasteiger partial charge on any atom is 0.241 e. The first-order chi connectivity index (χ1) is 11.2. The van der Waals surface area contributed by atoms with Gasteiger partial charge in [0.1, 0.15) is 5.75 Å². The van der Waals surface area contributed by atoms with Crippen LogP contribution in [0.3, 0.4) is 0 Å². The Morgan fingerprint density at radius 3 is 2.16 bits per heavy atom. The van der Waals surface area contributed by atoms with E-state index in [1.807, 2.05) is 13.8 Å². The molecule has 0 aliphatic carbocycles. The standard InChI is InChI=1S/C19H32N2O3S/c1-12(2)15-9-17(13(3)8-16(15)22)25(23,24)20-14-10-18(4,5)21-19(6,7)11-14/h8-9,12,14,20-22H,10-11H2,1-7H3.